The molecular weight excluding hydrogens is 536 g/mol. The highest BCUT2D eigenvalue weighted by Gasteiger charge is 2.56. The average molecular weight is 559 g/mol. The number of phenolic OH excluding ortho intramolecular Hbond substituents is 1. The standard InChI is InChI=1S/C28H22N4O5S2/c1-15-4-8-18(9-5-15)32-25(35)22-21(16-3-2-12-29-13-16)24-27(38-23(22)26(32)36)31(28(37)39-24)14-20(34)30-17-6-10-19(33)11-7-17/h2-13,21-23,33H,14H2,1H3,(H,30,34)/t21-,22-,23+/m0/s1. The van der Waals surface area contributed by atoms with Crippen LogP contribution in [0.15, 0.2) is 82.9 Å². The van der Waals surface area contributed by atoms with E-state index in [1.165, 1.54) is 33.4 Å². The number of nitrogens with zero attached hydrogens (tertiary/aromatic N) is 3. The second-order valence-corrected chi connectivity index (χ2v) is 11.5. The number of fused-ring (bicyclic) bond motifs is 2. The lowest BCUT2D eigenvalue weighted by Gasteiger charge is -2.30. The number of thioether (sulfide) groups is 1. The predicted molar refractivity (Wildman–Crippen MR) is 148 cm³/mol. The van der Waals surface area contributed by atoms with Gasteiger partial charge in [-0.05, 0) is 55.0 Å². The highest BCUT2D eigenvalue weighted by molar-refractivity contribution is 8.00. The van der Waals surface area contributed by atoms with E-state index in [1.54, 1.807) is 42.7 Å². The molecule has 4 aromatic rings. The van der Waals surface area contributed by atoms with Crippen molar-refractivity contribution in [3.8, 4) is 5.75 Å². The molecule has 0 bridgehead atoms. The average Bonchev–Trinajstić information content (AvgIpc) is 3.37. The van der Waals surface area contributed by atoms with E-state index in [1.807, 2.05) is 25.1 Å². The van der Waals surface area contributed by atoms with Crippen molar-refractivity contribution in [1.29, 1.82) is 0 Å². The number of amides is 3. The van der Waals surface area contributed by atoms with Crippen molar-refractivity contribution in [3.05, 3.63) is 98.7 Å². The number of aromatic nitrogens is 2. The van der Waals surface area contributed by atoms with Gasteiger partial charge in [0, 0.05) is 28.9 Å². The molecule has 1 saturated heterocycles. The van der Waals surface area contributed by atoms with Gasteiger partial charge in [0.25, 0.3) is 0 Å². The molecule has 4 heterocycles. The van der Waals surface area contributed by atoms with E-state index in [4.69, 9.17) is 0 Å². The van der Waals surface area contributed by atoms with Gasteiger partial charge in [-0.3, -0.25) is 28.7 Å². The minimum absolute atomic E-state index is 0.0685. The van der Waals surface area contributed by atoms with Crippen molar-refractivity contribution in [1.82, 2.24) is 9.55 Å². The second-order valence-electron chi connectivity index (χ2n) is 9.39. The number of aromatic hydroxyl groups is 1. The Kier molecular flexibility index (Phi) is 6.32. The van der Waals surface area contributed by atoms with Gasteiger partial charge in [0.1, 0.15) is 17.5 Å². The fraction of sp³-hybridized carbons (Fsp3) is 0.179. The summed E-state index contributed by atoms with van der Waals surface area (Å²) in [5.74, 6) is -2.32. The molecule has 1 fully saturated rings. The van der Waals surface area contributed by atoms with Crippen LogP contribution in [-0.2, 0) is 20.9 Å². The van der Waals surface area contributed by atoms with Gasteiger partial charge < -0.3 is 10.4 Å². The molecule has 11 heteroatoms. The number of phenols is 1. The van der Waals surface area contributed by atoms with E-state index >= 15 is 0 Å². The lowest BCUT2D eigenvalue weighted by molar-refractivity contribution is -0.122. The van der Waals surface area contributed by atoms with Crippen LogP contribution in [0.4, 0.5) is 11.4 Å². The van der Waals surface area contributed by atoms with Crippen LogP contribution in [0.5, 0.6) is 5.75 Å². The van der Waals surface area contributed by atoms with Crippen LogP contribution < -0.4 is 15.1 Å². The lowest BCUT2D eigenvalue weighted by atomic mass is 9.84. The summed E-state index contributed by atoms with van der Waals surface area (Å²) < 4.78 is 1.37. The van der Waals surface area contributed by atoms with Gasteiger partial charge in [-0.2, -0.15) is 0 Å². The maximum Gasteiger partial charge on any atom is 0.308 e. The summed E-state index contributed by atoms with van der Waals surface area (Å²) >= 11 is 2.15. The Morgan fingerprint density at radius 2 is 1.77 bits per heavy atom. The van der Waals surface area contributed by atoms with Gasteiger partial charge in [0.05, 0.1) is 16.6 Å². The Hall–Kier alpha value is -4.22. The first-order chi connectivity index (χ1) is 18.8. The number of benzene rings is 2. The van der Waals surface area contributed by atoms with Crippen molar-refractivity contribution in [2.75, 3.05) is 10.2 Å². The number of carbonyl (C=O) groups excluding carboxylic acids is 3. The monoisotopic (exact) mass is 558 g/mol. The number of carbonyl (C=O) groups is 3. The Bertz CT molecular complexity index is 1650. The third-order valence-electron chi connectivity index (χ3n) is 6.84. The molecule has 2 aliphatic rings. The summed E-state index contributed by atoms with van der Waals surface area (Å²) in [7, 11) is 0. The number of hydrogen-bond acceptors (Lipinski definition) is 8. The van der Waals surface area contributed by atoms with Crippen LogP contribution >= 0.6 is 23.1 Å². The molecule has 9 nitrogen and oxygen atoms in total. The van der Waals surface area contributed by atoms with E-state index in [0.29, 0.717) is 21.3 Å². The summed E-state index contributed by atoms with van der Waals surface area (Å²) in [6.07, 6.45) is 3.28. The van der Waals surface area contributed by atoms with Crippen LogP contribution in [0.3, 0.4) is 0 Å². The molecule has 39 heavy (non-hydrogen) atoms. The first-order valence-electron chi connectivity index (χ1n) is 12.2. The SMILES string of the molecule is Cc1ccc(N2C(=O)[C@H]3[C@H](c4cccnc4)c4sc(=O)n(CC(=O)Nc5ccc(O)cc5)c4S[C@H]3C2=O)cc1. The zero-order chi connectivity index (χ0) is 27.3. The number of hydrogen-bond donors (Lipinski definition) is 2. The minimum Gasteiger partial charge on any atom is -0.508 e. The van der Waals surface area contributed by atoms with E-state index < -0.39 is 23.0 Å². The van der Waals surface area contributed by atoms with Crippen LogP contribution in [0.1, 0.15) is 21.9 Å². The molecular formula is C28H22N4O5S2. The first-order valence-corrected chi connectivity index (χ1v) is 13.8. The number of anilines is 2. The Morgan fingerprint density at radius 3 is 2.46 bits per heavy atom. The number of pyridine rings is 1. The Balaban J connectivity index is 1.39. The quantitative estimate of drug-likeness (QED) is 0.283. The summed E-state index contributed by atoms with van der Waals surface area (Å²) in [6.45, 7) is 1.67. The molecule has 6 rings (SSSR count). The van der Waals surface area contributed by atoms with Gasteiger partial charge in [-0.25, -0.2) is 4.90 Å². The molecule has 3 atom stereocenters. The second kappa shape index (κ2) is 9.83. The molecule has 2 aromatic carbocycles. The number of rotatable bonds is 5. The fourth-order valence-electron chi connectivity index (χ4n) is 5.01. The molecule has 2 N–H and O–H groups in total. The highest BCUT2D eigenvalue weighted by atomic mass is 32.2. The molecule has 196 valence electrons. The van der Waals surface area contributed by atoms with E-state index in [-0.39, 0.29) is 29.0 Å². The summed E-state index contributed by atoms with van der Waals surface area (Å²) in [6, 6.07) is 16.8. The van der Waals surface area contributed by atoms with Crippen LogP contribution in [-0.4, -0.2) is 37.6 Å². The number of aryl methyl sites for hydroxylation is 1. The highest BCUT2D eigenvalue weighted by Crippen LogP contribution is 2.53. The smallest absolute Gasteiger partial charge is 0.308 e. The molecule has 0 aliphatic carbocycles. The van der Waals surface area contributed by atoms with Crippen LogP contribution in [0, 0.1) is 12.8 Å². The largest absolute Gasteiger partial charge is 0.508 e. The van der Waals surface area contributed by atoms with Crippen molar-refractivity contribution in [3.63, 3.8) is 0 Å². The first kappa shape index (κ1) is 25.1. The van der Waals surface area contributed by atoms with Crippen molar-refractivity contribution in [2.45, 2.75) is 29.7 Å². The van der Waals surface area contributed by atoms with Gasteiger partial charge in [-0.1, -0.05) is 46.9 Å². The van der Waals surface area contributed by atoms with Gasteiger partial charge in [-0.15, -0.1) is 0 Å². The topological polar surface area (TPSA) is 122 Å². The summed E-state index contributed by atoms with van der Waals surface area (Å²) in [4.78, 5) is 59.4. The van der Waals surface area contributed by atoms with Crippen molar-refractivity contribution in [2.24, 2.45) is 5.92 Å². The maximum atomic E-state index is 13.8. The molecule has 2 aromatic heterocycles. The number of thiazole rings is 1. The molecule has 0 unspecified atom stereocenters. The van der Waals surface area contributed by atoms with Gasteiger partial charge in [0.2, 0.25) is 17.7 Å². The third-order valence-corrected chi connectivity index (χ3v) is 9.44. The van der Waals surface area contributed by atoms with Crippen LogP contribution in [0.25, 0.3) is 0 Å². The van der Waals surface area contributed by atoms with E-state index in [0.717, 1.165) is 22.5 Å². The Morgan fingerprint density at radius 1 is 1.03 bits per heavy atom. The molecule has 0 spiro atoms. The molecule has 0 radical (unpaired) electrons. The van der Waals surface area contributed by atoms with Gasteiger partial charge in [0.15, 0.2) is 0 Å². The number of imide groups is 1. The third kappa shape index (κ3) is 4.43. The van der Waals surface area contributed by atoms with Gasteiger partial charge >= 0.3 is 4.87 Å². The maximum absolute atomic E-state index is 13.8. The minimum atomic E-state index is -0.767. The van der Waals surface area contributed by atoms with Crippen molar-refractivity contribution < 1.29 is 19.5 Å². The lowest BCUT2D eigenvalue weighted by Crippen LogP contribution is -2.33. The molecule has 2 aliphatic heterocycles. The van der Waals surface area contributed by atoms with Crippen LogP contribution in [0.2, 0.25) is 0 Å². The van der Waals surface area contributed by atoms with Crippen molar-refractivity contribution >= 4 is 52.2 Å². The molecule has 3 amide bonds. The fourth-order valence-corrected chi connectivity index (χ4v) is 7.78. The summed E-state index contributed by atoms with van der Waals surface area (Å²) in [5, 5.41) is 12.0. The van der Waals surface area contributed by atoms with E-state index in [2.05, 4.69) is 10.3 Å². The normalized spacial score (nSPS) is 20.0. The zero-order valence-electron chi connectivity index (χ0n) is 20.6. The number of nitrogens with one attached hydrogen (secondary N) is 1. The predicted octanol–water partition coefficient (Wildman–Crippen LogP) is 3.75. The summed E-state index contributed by atoms with van der Waals surface area (Å²) in [5.41, 5.74) is 2.71. The van der Waals surface area contributed by atoms with E-state index in [9.17, 15) is 24.3 Å². The Labute approximate surface area is 231 Å². The molecule has 0 saturated carbocycles. The zero-order valence-corrected chi connectivity index (χ0v) is 22.2.